The van der Waals surface area contributed by atoms with Gasteiger partial charge in [0.05, 0.1) is 12.1 Å². The molecule has 3 heteroatoms. The first-order valence-electron chi connectivity index (χ1n) is 2.62. The maximum atomic E-state index is 10.3. The van der Waals surface area contributed by atoms with Gasteiger partial charge in [0, 0.05) is 6.92 Å². The van der Waals surface area contributed by atoms with E-state index in [2.05, 4.69) is 0 Å². The molecule has 0 bridgehead atoms. The van der Waals surface area contributed by atoms with Crippen LogP contribution in [0.15, 0.2) is 0 Å². The third-order valence-corrected chi connectivity index (χ3v) is 0.851. The highest BCUT2D eigenvalue weighted by Gasteiger charge is 2.04. The first-order chi connectivity index (χ1) is 4.04. The fraction of sp³-hybridized carbons (Fsp3) is 0.500. The lowest BCUT2D eigenvalue weighted by atomic mass is 10.1. The number of nitrogens with one attached hydrogen (secondary N) is 1. The lowest BCUT2D eigenvalue weighted by molar-refractivity contribution is -0.117. The lowest BCUT2D eigenvalue weighted by Gasteiger charge is -1.91. The van der Waals surface area contributed by atoms with Gasteiger partial charge >= 0.3 is 0 Å². The van der Waals surface area contributed by atoms with Gasteiger partial charge in [-0.2, -0.15) is 0 Å². The monoisotopic (exact) mass is 127 g/mol. The van der Waals surface area contributed by atoms with Crippen molar-refractivity contribution in [2.75, 3.05) is 0 Å². The van der Waals surface area contributed by atoms with Gasteiger partial charge in [0.25, 0.3) is 0 Å². The molecule has 0 unspecified atom stereocenters. The van der Waals surface area contributed by atoms with Crippen LogP contribution < -0.4 is 0 Å². The Hall–Kier alpha value is -0.990. The molecule has 9 heavy (non-hydrogen) atoms. The third-order valence-electron chi connectivity index (χ3n) is 0.851. The maximum Gasteiger partial charge on any atom is 0.173 e. The second-order valence-electron chi connectivity index (χ2n) is 1.91. The van der Waals surface area contributed by atoms with Gasteiger partial charge in [-0.1, -0.05) is 0 Å². The van der Waals surface area contributed by atoms with Crippen molar-refractivity contribution in [3.63, 3.8) is 0 Å². The van der Waals surface area contributed by atoms with E-state index < -0.39 is 0 Å². The van der Waals surface area contributed by atoms with Crippen LogP contribution in [0.25, 0.3) is 0 Å². The molecule has 0 aromatic heterocycles. The fourth-order valence-corrected chi connectivity index (χ4v) is 0.373. The minimum absolute atomic E-state index is 0.0324. The van der Waals surface area contributed by atoms with E-state index in [0.717, 1.165) is 0 Å². The number of rotatable bonds is 3. The zero-order valence-electron chi connectivity index (χ0n) is 5.52. The molecule has 0 atom stereocenters. The van der Waals surface area contributed by atoms with E-state index in [1.165, 1.54) is 13.8 Å². The summed E-state index contributed by atoms with van der Waals surface area (Å²) in [6, 6.07) is 0. The zero-order valence-corrected chi connectivity index (χ0v) is 5.52. The van der Waals surface area contributed by atoms with Crippen molar-refractivity contribution in [3.8, 4) is 0 Å². The summed E-state index contributed by atoms with van der Waals surface area (Å²) in [6.07, 6.45) is -0.0324. The molecule has 1 N–H and O–H groups in total. The van der Waals surface area contributed by atoms with Gasteiger partial charge in [0.1, 0.15) is 5.78 Å². The molecular formula is C6H9NO2. The number of carbonyl (C=O) groups excluding carboxylic acids is 2. The van der Waals surface area contributed by atoms with Crippen molar-refractivity contribution in [2.45, 2.75) is 20.3 Å². The summed E-state index contributed by atoms with van der Waals surface area (Å²) in [6.45, 7) is 2.64. The van der Waals surface area contributed by atoms with E-state index >= 15 is 0 Å². The molecule has 0 heterocycles. The van der Waals surface area contributed by atoms with Gasteiger partial charge in [-0.05, 0) is 6.92 Å². The first-order valence-corrected chi connectivity index (χ1v) is 2.62. The highest BCUT2D eigenvalue weighted by molar-refractivity contribution is 6.40. The molecule has 0 aliphatic rings. The Balaban J connectivity index is 3.79. The second-order valence-corrected chi connectivity index (χ2v) is 1.91. The van der Waals surface area contributed by atoms with Crippen LogP contribution in [0, 0.1) is 5.41 Å². The van der Waals surface area contributed by atoms with Crippen molar-refractivity contribution in [1.29, 1.82) is 5.41 Å². The second kappa shape index (κ2) is 3.12. The van der Waals surface area contributed by atoms with Gasteiger partial charge in [-0.15, -0.1) is 0 Å². The van der Waals surface area contributed by atoms with Crippen LogP contribution in [0.5, 0.6) is 0 Å². The highest BCUT2D eigenvalue weighted by atomic mass is 16.1. The van der Waals surface area contributed by atoms with Gasteiger partial charge in [-0.25, -0.2) is 0 Å². The molecule has 0 aromatic carbocycles. The topological polar surface area (TPSA) is 58.0 Å². The van der Waals surface area contributed by atoms with Crippen LogP contribution in [-0.4, -0.2) is 17.3 Å². The van der Waals surface area contributed by atoms with Crippen LogP contribution >= 0.6 is 0 Å². The summed E-state index contributed by atoms with van der Waals surface area (Å²) < 4.78 is 0. The van der Waals surface area contributed by atoms with Crippen molar-refractivity contribution < 1.29 is 9.59 Å². The molecule has 3 nitrogen and oxygen atoms in total. The van der Waals surface area contributed by atoms with E-state index in [1.807, 2.05) is 0 Å². The van der Waals surface area contributed by atoms with Crippen molar-refractivity contribution in [1.82, 2.24) is 0 Å². The van der Waals surface area contributed by atoms with Gasteiger partial charge < -0.3 is 5.41 Å². The molecule has 0 aliphatic heterocycles. The molecule has 0 spiro atoms. The molecule has 0 amide bonds. The fourth-order valence-electron chi connectivity index (χ4n) is 0.373. The first kappa shape index (κ1) is 8.01. The standard InChI is InChI=1S/C6H9NO2/c1-4(8)3-6(7)5(2)9/h7H,3H2,1-2H3. The van der Waals surface area contributed by atoms with E-state index in [9.17, 15) is 9.59 Å². The number of carbonyl (C=O) groups is 2. The molecule has 0 radical (unpaired) electrons. The SMILES string of the molecule is CC(=O)CC(=N)C(C)=O. The van der Waals surface area contributed by atoms with Crippen molar-refractivity contribution >= 4 is 17.3 Å². The maximum absolute atomic E-state index is 10.3. The Morgan fingerprint density at radius 1 is 1.33 bits per heavy atom. The molecule has 0 fully saturated rings. The molecule has 0 saturated carbocycles. The van der Waals surface area contributed by atoms with Crippen LogP contribution in [0.2, 0.25) is 0 Å². The minimum Gasteiger partial charge on any atom is -0.301 e. The van der Waals surface area contributed by atoms with E-state index in [1.54, 1.807) is 0 Å². The van der Waals surface area contributed by atoms with Crippen molar-refractivity contribution in [3.05, 3.63) is 0 Å². The summed E-state index contributed by atoms with van der Waals surface area (Å²) in [5.74, 6) is -0.472. The third kappa shape index (κ3) is 3.58. The van der Waals surface area contributed by atoms with Crippen LogP contribution in [0.4, 0.5) is 0 Å². The predicted molar refractivity (Wildman–Crippen MR) is 33.7 cm³/mol. The molecule has 50 valence electrons. The molecule has 0 rings (SSSR count). The Labute approximate surface area is 53.6 Å². The normalized spacial score (nSPS) is 8.67. The molecular weight excluding hydrogens is 118 g/mol. The average molecular weight is 127 g/mol. The summed E-state index contributed by atoms with van der Waals surface area (Å²) in [7, 11) is 0. The van der Waals surface area contributed by atoms with Crippen LogP contribution in [-0.2, 0) is 9.59 Å². The van der Waals surface area contributed by atoms with Gasteiger partial charge in [0.15, 0.2) is 5.78 Å². The van der Waals surface area contributed by atoms with Gasteiger partial charge in [0.2, 0.25) is 0 Å². The highest BCUT2D eigenvalue weighted by Crippen LogP contribution is 1.85. The molecule has 0 aromatic rings. The summed E-state index contributed by atoms with van der Waals surface area (Å²) >= 11 is 0. The average Bonchev–Trinajstić information content (AvgIpc) is 1.63. The number of hydrogen-bond acceptors (Lipinski definition) is 3. The van der Waals surface area contributed by atoms with E-state index in [-0.39, 0.29) is 23.7 Å². The number of Topliss-reactive ketones (excluding diaryl/α,β-unsaturated/α-hetero) is 2. The van der Waals surface area contributed by atoms with E-state index in [0.29, 0.717) is 0 Å². The Morgan fingerprint density at radius 2 is 1.78 bits per heavy atom. The van der Waals surface area contributed by atoms with Crippen LogP contribution in [0.1, 0.15) is 20.3 Å². The molecule has 0 aliphatic carbocycles. The largest absolute Gasteiger partial charge is 0.301 e. The summed E-state index contributed by atoms with van der Waals surface area (Å²) in [4.78, 5) is 20.6. The van der Waals surface area contributed by atoms with Crippen molar-refractivity contribution in [2.24, 2.45) is 0 Å². The Bertz CT molecular complexity index is 160. The zero-order chi connectivity index (χ0) is 7.44. The Kier molecular flexibility index (Phi) is 2.78. The van der Waals surface area contributed by atoms with Gasteiger partial charge in [-0.3, -0.25) is 9.59 Å². The summed E-state index contributed by atoms with van der Waals surface area (Å²) in [5.41, 5.74) is -0.109. The van der Waals surface area contributed by atoms with Crippen LogP contribution in [0.3, 0.4) is 0 Å². The quantitative estimate of drug-likeness (QED) is 0.563. The summed E-state index contributed by atoms with van der Waals surface area (Å²) in [5, 5.41) is 6.90. The number of ketones is 2. The minimum atomic E-state index is -0.329. The smallest absolute Gasteiger partial charge is 0.173 e. The Morgan fingerprint density at radius 3 is 1.89 bits per heavy atom. The molecule has 0 saturated heterocycles. The predicted octanol–water partition coefficient (Wildman–Crippen LogP) is 0.574. The lowest BCUT2D eigenvalue weighted by Crippen LogP contribution is -2.11. The number of hydrogen-bond donors (Lipinski definition) is 1. The van der Waals surface area contributed by atoms with E-state index in [4.69, 9.17) is 5.41 Å².